The van der Waals surface area contributed by atoms with Crippen molar-refractivity contribution in [3.63, 3.8) is 0 Å². The summed E-state index contributed by atoms with van der Waals surface area (Å²) in [7, 11) is 0. The summed E-state index contributed by atoms with van der Waals surface area (Å²) >= 11 is 0. The number of benzene rings is 2. The van der Waals surface area contributed by atoms with Gasteiger partial charge >= 0.3 is 0 Å². The van der Waals surface area contributed by atoms with Crippen LogP contribution < -0.4 is 4.90 Å². The quantitative estimate of drug-likeness (QED) is 0.623. The highest BCUT2D eigenvalue weighted by Crippen LogP contribution is 2.27. The summed E-state index contributed by atoms with van der Waals surface area (Å²) in [6.07, 6.45) is 1.89. The number of nitrogens with zero attached hydrogens (tertiary/aromatic N) is 4. The van der Waals surface area contributed by atoms with Gasteiger partial charge in [0.15, 0.2) is 0 Å². The van der Waals surface area contributed by atoms with E-state index in [9.17, 15) is 9.59 Å². The first-order chi connectivity index (χ1) is 16.0. The summed E-state index contributed by atoms with van der Waals surface area (Å²) in [4.78, 5) is 34.3. The van der Waals surface area contributed by atoms with Crippen LogP contribution in [0.25, 0.3) is 0 Å². The van der Waals surface area contributed by atoms with Crippen molar-refractivity contribution in [2.24, 2.45) is 0 Å². The number of hydrogen-bond acceptors (Lipinski definition) is 4. The van der Waals surface area contributed by atoms with E-state index in [0.29, 0.717) is 19.6 Å². The van der Waals surface area contributed by atoms with E-state index in [4.69, 9.17) is 0 Å². The van der Waals surface area contributed by atoms with Crippen molar-refractivity contribution in [1.82, 2.24) is 14.7 Å². The highest BCUT2D eigenvalue weighted by atomic mass is 16.2. The number of carbonyl (C=O) groups is 2. The van der Waals surface area contributed by atoms with E-state index in [1.165, 1.54) is 16.7 Å². The Labute approximate surface area is 197 Å². The van der Waals surface area contributed by atoms with Gasteiger partial charge in [-0.25, -0.2) is 0 Å². The Morgan fingerprint density at radius 3 is 2.24 bits per heavy atom. The Morgan fingerprint density at radius 1 is 0.879 bits per heavy atom. The van der Waals surface area contributed by atoms with Gasteiger partial charge in [-0.15, -0.1) is 0 Å². The molecule has 0 unspecified atom stereocenters. The molecule has 1 saturated heterocycles. The lowest BCUT2D eigenvalue weighted by Crippen LogP contribution is -2.52. The molecule has 0 atom stereocenters. The first-order valence-electron chi connectivity index (χ1n) is 12.2. The topological polar surface area (TPSA) is 47.1 Å². The summed E-state index contributed by atoms with van der Waals surface area (Å²) in [6.45, 7) is 10.6. The van der Waals surface area contributed by atoms with Gasteiger partial charge in [-0.3, -0.25) is 19.4 Å². The number of para-hydroxylation sites is 1. The monoisotopic (exact) mass is 448 g/mol. The van der Waals surface area contributed by atoms with Crippen LogP contribution in [-0.2, 0) is 22.6 Å². The van der Waals surface area contributed by atoms with Gasteiger partial charge in [-0.2, -0.15) is 0 Å². The zero-order valence-corrected chi connectivity index (χ0v) is 20.0. The molecule has 0 aliphatic carbocycles. The van der Waals surface area contributed by atoms with Crippen LogP contribution in [0.2, 0.25) is 0 Å². The van der Waals surface area contributed by atoms with Gasteiger partial charge in [0.05, 0.1) is 13.1 Å². The number of anilines is 1. The Hall–Kier alpha value is -2.70. The Kier molecular flexibility index (Phi) is 7.78. The Bertz CT molecular complexity index is 951. The molecule has 6 heteroatoms. The van der Waals surface area contributed by atoms with Crippen LogP contribution in [0.5, 0.6) is 0 Å². The molecule has 2 heterocycles. The molecule has 2 aromatic carbocycles. The molecule has 0 spiro atoms. The molecule has 176 valence electrons. The van der Waals surface area contributed by atoms with Crippen molar-refractivity contribution in [3.05, 3.63) is 65.2 Å². The van der Waals surface area contributed by atoms with Crippen molar-refractivity contribution in [1.29, 1.82) is 0 Å². The molecule has 2 aromatic rings. The number of rotatable bonds is 8. The van der Waals surface area contributed by atoms with Gasteiger partial charge in [-0.1, -0.05) is 55.0 Å². The molecule has 0 N–H and O–H groups in total. The lowest BCUT2D eigenvalue weighted by Gasteiger charge is -2.35. The molecule has 6 nitrogen and oxygen atoms in total. The molecular formula is C27H36N4O2. The summed E-state index contributed by atoms with van der Waals surface area (Å²) < 4.78 is 0. The fourth-order valence-electron chi connectivity index (χ4n) is 4.75. The summed E-state index contributed by atoms with van der Waals surface area (Å²) in [6, 6.07) is 16.6. The van der Waals surface area contributed by atoms with Crippen LogP contribution in [0.15, 0.2) is 48.5 Å². The number of fused-ring (bicyclic) bond motifs is 1. The predicted octanol–water partition coefficient (Wildman–Crippen LogP) is 2.94. The zero-order valence-electron chi connectivity index (χ0n) is 20.0. The molecule has 2 amide bonds. The van der Waals surface area contributed by atoms with Gasteiger partial charge in [0, 0.05) is 51.5 Å². The Morgan fingerprint density at radius 2 is 1.55 bits per heavy atom. The maximum atomic E-state index is 13.0. The first kappa shape index (κ1) is 23.5. The van der Waals surface area contributed by atoms with Gasteiger partial charge in [-0.05, 0) is 37.0 Å². The number of aryl methyl sites for hydroxylation is 1. The van der Waals surface area contributed by atoms with Crippen LogP contribution in [-0.4, -0.2) is 78.9 Å². The molecule has 2 aliphatic heterocycles. The number of hydrogen-bond donors (Lipinski definition) is 0. The minimum Gasteiger partial charge on any atom is -0.337 e. The van der Waals surface area contributed by atoms with Crippen LogP contribution in [0, 0.1) is 6.92 Å². The minimum atomic E-state index is 0.177. The van der Waals surface area contributed by atoms with Crippen molar-refractivity contribution in [2.45, 2.75) is 33.2 Å². The molecule has 33 heavy (non-hydrogen) atoms. The largest absolute Gasteiger partial charge is 0.337 e. The number of piperazine rings is 1. The van der Waals surface area contributed by atoms with Crippen molar-refractivity contribution in [3.8, 4) is 0 Å². The third-order valence-electron chi connectivity index (χ3n) is 6.71. The number of carbonyl (C=O) groups excluding carboxylic acids is 2. The van der Waals surface area contributed by atoms with Gasteiger partial charge in [0.1, 0.15) is 0 Å². The third kappa shape index (κ3) is 6.01. The molecule has 0 bridgehead atoms. The zero-order chi connectivity index (χ0) is 23.2. The smallest absolute Gasteiger partial charge is 0.241 e. The highest BCUT2D eigenvalue weighted by molar-refractivity contribution is 5.96. The van der Waals surface area contributed by atoms with E-state index in [0.717, 1.165) is 57.8 Å². The standard InChI is InChI=1S/C27H36N4O2/c1-3-13-30(19-23-10-8-22(2)9-11-23)26(32)20-28-15-17-29(18-16-28)21-27(33)31-14-12-24-6-4-5-7-25(24)31/h4-11H,3,12-21H2,1-2H3. The van der Waals surface area contributed by atoms with E-state index >= 15 is 0 Å². The molecular weight excluding hydrogens is 412 g/mol. The van der Waals surface area contributed by atoms with Gasteiger partial charge in [0.2, 0.25) is 11.8 Å². The van der Waals surface area contributed by atoms with Crippen molar-refractivity contribution < 1.29 is 9.59 Å². The molecule has 2 aliphatic rings. The van der Waals surface area contributed by atoms with E-state index in [1.54, 1.807) is 0 Å². The fraction of sp³-hybridized carbons (Fsp3) is 0.481. The maximum absolute atomic E-state index is 13.0. The second kappa shape index (κ2) is 10.9. The lowest BCUT2D eigenvalue weighted by atomic mass is 10.1. The maximum Gasteiger partial charge on any atom is 0.241 e. The second-order valence-corrected chi connectivity index (χ2v) is 9.28. The van der Waals surface area contributed by atoms with Crippen LogP contribution >= 0.6 is 0 Å². The van der Waals surface area contributed by atoms with Crippen LogP contribution in [0.1, 0.15) is 30.0 Å². The highest BCUT2D eigenvalue weighted by Gasteiger charge is 2.27. The normalized spacial score (nSPS) is 16.6. The molecule has 4 rings (SSSR count). The van der Waals surface area contributed by atoms with Crippen molar-refractivity contribution in [2.75, 3.05) is 57.3 Å². The Balaban J connectivity index is 1.24. The molecule has 0 aromatic heterocycles. The van der Waals surface area contributed by atoms with E-state index in [1.807, 2.05) is 28.0 Å². The van der Waals surface area contributed by atoms with Crippen molar-refractivity contribution >= 4 is 17.5 Å². The van der Waals surface area contributed by atoms with Crippen LogP contribution in [0.4, 0.5) is 5.69 Å². The summed E-state index contributed by atoms with van der Waals surface area (Å²) in [5.41, 5.74) is 4.74. The summed E-state index contributed by atoms with van der Waals surface area (Å²) in [5, 5.41) is 0. The second-order valence-electron chi connectivity index (χ2n) is 9.28. The molecule has 0 saturated carbocycles. The minimum absolute atomic E-state index is 0.177. The molecule has 1 fully saturated rings. The van der Waals surface area contributed by atoms with Crippen LogP contribution in [0.3, 0.4) is 0 Å². The van der Waals surface area contributed by atoms with E-state index in [-0.39, 0.29) is 11.8 Å². The third-order valence-corrected chi connectivity index (χ3v) is 6.71. The molecule has 0 radical (unpaired) electrons. The average molecular weight is 449 g/mol. The summed E-state index contributed by atoms with van der Waals surface area (Å²) in [5.74, 6) is 0.368. The predicted molar refractivity (Wildman–Crippen MR) is 132 cm³/mol. The number of amides is 2. The first-order valence-corrected chi connectivity index (χ1v) is 12.2. The van der Waals surface area contributed by atoms with E-state index < -0.39 is 0 Å². The van der Waals surface area contributed by atoms with Gasteiger partial charge in [0.25, 0.3) is 0 Å². The average Bonchev–Trinajstić information content (AvgIpc) is 3.26. The SMILES string of the molecule is CCCN(Cc1ccc(C)cc1)C(=O)CN1CCN(CC(=O)N2CCc3ccccc32)CC1. The van der Waals surface area contributed by atoms with Gasteiger partial charge < -0.3 is 9.80 Å². The lowest BCUT2D eigenvalue weighted by molar-refractivity contribution is -0.133. The van der Waals surface area contributed by atoms with E-state index in [2.05, 4.69) is 54.0 Å². The fourth-order valence-corrected chi connectivity index (χ4v) is 4.75.